The molecule has 0 bridgehead atoms. The summed E-state index contributed by atoms with van der Waals surface area (Å²) in [5.41, 5.74) is 9.03. The average molecular weight is 422 g/mol. The Balaban J connectivity index is 1.35. The maximum absolute atomic E-state index is 12.5. The molecule has 0 saturated heterocycles. The van der Waals surface area contributed by atoms with Crippen LogP contribution in [-0.2, 0) is 16.0 Å². The maximum atomic E-state index is 12.5. The smallest absolute Gasteiger partial charge is 0.248 e. The number of nitrogen functional groups attached to an aromatic ring is 1. The number of hydrogen-bond acceptors (Lipinski definition) is 4. The van der Waals surface area contributed by atoms with Crippen molar-refractivity contribution in [3.05, 3.63) is 102 Å². The third-order valence-electron chi connectivity index (χ3n) is 4.93. The van der Waals surface area contributed by atoms with Crippen LogP contribution >= 0.6 is 0 Å². The number of nitrogens with zero attached hydrogens (tertiary/aromatic N) is 1. The number of carbonyl (C=O) groups is 2. The second-order valence-corrected chi connectivity index (χ2v) is 7.24. The number of anilines is 3. The Morgan fingerprint density at radius 3 is 2.47 bits per heavy atom. The molecule has 0 aliphatic heterocycles. The molecule has 0 unspecified atom stereocenters. The van der Waals surface area contributed by atoms with E-state index in [-0.39, 0.29) is 18.2 Å². The number of pyridine rings is 1. The minimum atomic E-state index is -0.308. The summed E-state index contributed by atoms with van der Waals surface area (Å²) in [6.45, 7) is 0. The van der Waals surface area contributed by atoms with Crippen molar-refractivity contribution in [2.45, 2.75) is 6.42 Å². The molecule has 6 heteroatoms. The fraction of sp³-hybridized carbons (Fsp3) is 0.0385. The molecule has 0 spiro atoms. The number of aromatic nitrogens is 1. The first-order valence-electron chi connectivity index (χ1n) is 10.1. The molecular weight excluding hydrogens is 400 g/mol. The summed E-state index contributed by atoms with van der Waals surface area (Å²) in [5.74, 6) is -0.427. The van der Waals surface area contributed by atoms with Gasteiger partial charge in [0.1, 0.15) is 0 Å². The molecule has 6 nitrogen and oxygen atoms in total. The van der Waals surface area contributed by atoms with Crippen molar-refractivity contribution in [1.82, 2.24) is 4.98 Å². The number of rotatable bonds is 6. The SMILES string of the molecule is Nc1ccccc1NC(=O)/C=C/c1ccc(NC(=O)Cc2cccc3ccccc23)cn1. The molecule has 0 aliphatic carbocycles. The van der Waals surface area contributed by atoms with E-state index >= 15 is 0 Å². The minimum Gasteiger partial charge on any atom is -0.397 e. The zero-order valence-corrected chi connectivity index (χ0v) is 17.3. The van der Waals surface area contributed by atoms with Crippen molar-refractivity contribution in [3.63, 3.8) is 0 Å². The van der Waals surface area contributed by atoms with Crippen molar-refractivity contribution in [1.29, 1.82) is 0 Å². The first kappa shape index (κ1) is 20.8. The zero-order valence-electron chi connectivity index (χ0n) is 17.3. The van der Waals surface area contributed by atoms with E-state index in [1.54, 1.807) is 48.7 Å². The second-order valence-electron chi connectivity index (χ2n) is 7.24. The van der Waals surface area contributed by atoms with Crippen LogP contribution in [-0.4, -0.2) is 16.8 Å². The van der Waals surface area contributed by atoms with Gasteiger partial charge in [-0.3, -0.25) is 14.6 Å². The van der Waals surface area contributed by atoms with Gasteiger partial charge in [-0.15, -0.1) is 0 Å². The van der Waals surface area contributed by atoms with Gasteiger partial charge in [-0.25, -0.2) is 0 Å². The summed E-state index contributed by atoms with van der Waals surface area (Å²) in [6, 6.07) is 24.5. The number of para-hydroxylation sites is 2. The van der Waals surface area contributed by atoms with E-state index < -0.39 is 0 Å². The third kappa shape index (κ3) is 5.17. The van der Waals surface area contributed by atoms with Crippen LogP contribution < -0.4 is 16.4 Å². The molecule has 0 radical (unpaired) electrons. The van der Waals surface area contributed by atoms with Gasteiger partial charge in [0.05, 0.1) is 35.4 Å². The van der Waals surface area contributed by atoms with Crippen molar-refractivity contribution in [2.24, 2.45) is 0 Å². The van der Waals surface area contributed by atoms with Crippen LogP contribution in [0.3, 0.4) is 0 Å². The Bertz CT molecular complexity index is 1290. The van der Waals surface area contributed by atoms with E-state index in [0.717, 1.165) is 16.3 Å². The largest absolute Gasteiger partial charge is 0.397 e. The molecule has 158 valence electrons. The maximum Gasteiger partial charge on any atom is 0.248 e. The summed E-state index contributed by atoms with van der Waals surface area (Å²) in [5, 5.41) is 7.76. The topological polar surface area (TPSA) is 97.1 Å². The van der Waals surface area contributed by atoms with Crippen molar-refractivity contribution < 1.29 is 9.59 Å². The lowest BCUT2D eigenvalue weighted by molar-refractivity contribution is -0.115. The van der Waals surface area contributed by atoms with E-state index in [1.165, 1.54) is 6.08 Å². The first-order valence-corrected chi connectivity index (χ1v) is 10.1. The lowest BCUT2D eigenvalue weighted by Gasteiger charge is -2.08. The molecule has 3 aromatic carbocycles. The first-order chi connectivity index (χ1) is 15.6. The van der Waals surface area contributed by atoms with Gasteiger partial charge in [0.15, 0.2) is 0 Å². The number of carbonyl (C=O) groups excluding carboxylic acids is 2. The fourth-order valence-electron chi connectivity index (χ4n) is 3.35. The lowest BCUT2D eigenvalue weighted by Crippen LogP contribution is -2.14. The van der Waals surface area contributed by atoms with Gasteiger partial charge in [0, 0.05) is 6.08 Å². The lowest BCUT2D eigenvalue weighted by atomic mass is 10.0. The minimum absolute atomic E-state index is 0.119. The fourth-order valence-corrected chi connectivity index (χ4v) is 3.35. The van der Waals surface area contributed by atoms with E-state index in [0.29, 0.717) is 22.8 Å². The molecule has 4 rings (SSSR count). The van der Waals surface area contributed by atoms with Crippen molar-refractivity contribution in [3.8, 4) is 0 Å². The van der Waals surface area contributed by atoms with Crippen LogP contribution in [0.15, 0.2) is 91.1 Å². The molecule has 1 aromatic heterocycles. The monoisotopic (exact) mass is 422 g/mol. The van der Waals surface area contributed by atoms with Gasteiger partial charge < -0.3 is 16.4 Å². The van der Waals surface area contributed by atoms with Crippen molar-refractivity contribution >= 4 is 45.7 Å². The standard InChI is InChI=1S/C26H22N4O2/c27-23-10-3-4-11-24(23)30-25(31)15-14-20-12-13-21(17-28-20)29-26(32)16-19-8-5-7-18-6-1-2-9-22(18)19/h1-15,17H,16,27H2,(H,29,32)(H,30,31)/b15-14+. The zero-order chi connectivity index (χ0) is 22.3. The van der Waals surface area contributed by atoms with Gasteiger partial charge >= 0.3 is 0 Å². The van der Waals surface area contributed by atoms with Crippen LogP contribution in [0, 0.1) is 0 Å². The summed E-state index contributed by atoms with van der Waals surface area (Å²) in [7, 11) is 0. The Kier molecular flexibility index (Phi) is 6.22. The summed E-state index contributed by atoms with van der Waals surface area (Å²) >= 11 is 0. The van der Waals surface area contributed by atoms with E-state index in [4.69, 9.17) is 5.73 Å². The highest BCUT2D eigenvalue weighted by Crippen LogP contribution is 2.20. The normalized spacial score (nSPS) is 10.9. The molecule has 0 fully saturated rings. The highest BCUT2D eigenvalue weighted by molar-refractivity contribution is 6.03. The number of hydrogen-bond donors (Lipinski definition) is 3. The van der Waals surface area contributed by atoms with Gasteiger partial charge in [0.2, 0.25) is 11.8 Å². The van der Waals surface area contributed by atoms with Crippen molar-refractivity contribution in [2.75, 3.05) is 16.4 Å². The molecule has 2 amide bonds. The quantitative estimate of drug-likeness (QED) is 0.311. The van der Waals surface area contributed by atoms with E-state index in [1.807, 2.05) is 42.5 Å². The summed E-state index contributed by atoms with van der Waals surface area (Å²) in [6.07, 6.45) is 4.81. The number of nitrogens with one attached hydrogen (secondary N) is 2. The summed E-state index contributed by atoms with van der Waals surface area (Å²) < 4.78 is 0. The molecule has 32 heavy (non-hydrogen) atoms. The number of nitrogens with two attached hydrogens (primary N) is 1. The third-order valence-corrected chi connectivity index (χ3v) is 4.93. The number of benzene rings is 3. The van der Waals surface area contributed by atoms with Gasteiger partial charge in [-0.05, 0) is 46.7 Å². The van der Waals surface area contributed by atoms with Crippen LogP contribution in [0.2, 0.25) is 0 Å². The average Bonchev–Trinajstić information content (AvgIpc) is 2.80. The van der Waals surface area contributed by atoms with Gasteiger partial charge in [-0.1, -0.05) is 54.6 Å². The Labute approximate surface area is 185 Å². The number of fused-ring (bicyclic) bond motifs is 1. The van der Waals surface area contributed by atoms with Gasteiger partial charge in [-0.2, -0.15) is 0 Å². The summed E-state index contributed by atoms with van der Waals surface area (Å²) in [4.78, 5) is 28.9. The van der Waals surface area contributed by atoms with Crippen LogP contribution in [0.1, 0.15) is 11.3 Å². The molecule has 0 saturated carbocycles. The Hall–Kier alpha value is -4.45. The predicted octanol–water partition coefficient (Wildman–Crippen LogP) is 4.65. The molecule has 0 aliphatic rings. The second kappa shape index (κ2) is 9.57. The van der Waals surface area contributed by atoms with E-state index in [2.05, 4.69) is 15.6 Å². The highest BCUT2D eigenvalue weighted by atomic mass is 16.2. The van der Waals surface area contributed by atoms with Crippen LogP contribution in [0.5, 0.6) is 0 Å². The Morgan fingerprint density at radius 1 is 0.875 bits per heavy atom. The number of amides is 2. The molecule has 1 heterocycles. The molecular formula is C26H22N4O2. The Morgan fingerprint density at radius 2 is 1.66 bits per heavy atom. The molecule has 4 aromatic rings. The molecule has 4 N–H and O–H groups in total. The van der Waals surface area contributed by atoms with Crippen LogP contribution in [0.25, 0.3) is 16.8 Å². The predicted molar refractivity (Wildman–Crippen MR) is 129 cm³/mol. The van der Waals surface area contributed by atoms with Gasteiger partial charge in [0.25, 0.3) is 0 Å². The van der Waals surface area contributed by atoms with E-state index in [9.17, 15) is 9.59 Å². The van der Waals surface area contributed by atoms with Crippen LogP contribution in [0.4, 0.5) is 17.1 Å². The molecule has 0 atom stereocenters. The highest BCUT2D eigenvalue weighted by Gasteiger charge is 2.08.